The van der Waals surface area contributed by atoms with Crippen LogP contribution in [-0.4, -0.2) is 14.8 Å². The van der Waals surface area contributed by atoms with Gasteiger partial charge in [-0.1, -0.05) is 65.8 Å². The number of carbonyl (C=O) groups excluding carboxylic acids is 1. The summed E-state index contributed by atoms with van der Waals surface area (Å²) in [7, 11) is -1.21. The molecule has 2 aromatic carbocycles. The maximum absolute atomic E-state index is 12.2. The third-order valence-corrected chi connectivity index (χ3v) is 8.32. The average molecular weight is 351 g/mol. The van der Waals surface area contributed by atoms with Crippen LogP contribution in [0, 0.1) is 11.3 Å². The van der Waals surface area contributed by atoms with E-state index in [0.717, 1.165) is 0 Å². The zero-order chi connectivity index (χ0) is 18.0. The first kappa shape index (κ1) is 17.7. The molecule has 1 aliphatic heterocycles. The number of hydrogen-bond donors (Lipinski definition) is 0. The van der Waals surface area contributed by atoms with Crippen LogP contribution in [0.2, 0.25) is 6.04 Å². The summed E-state index contributed by atoms with van der Waals surface area (Å²) in [5.41, 5.74) is 0.697. The molecular formula is C22H26O2Si. The molecule has 2 nitrogen and oxygen atoms in total. The SMILES string of the molecule is C[C@H]1C=C(c2cccc(OC(=O)C(C)(C)C)c2)[Si@@H](c2ccccc2)C1. The van der Waals surface area contributed by atoms with Crippen molar-refractivity contribution in [3.8, 4) is 5.75 Å². The minimum absolute atomic E-state index is 0.199. The molecule has 25 heavy (non-hydrogen) atoms. The van der Waals surface area contributed by atoms with Crippen molar-refractivity contribution in [2.24, 2.45) is 11.3 Å². The van der Waals surface area contributed by atoms with Gasteiger partial charge in [0.15, 0.2) is 0 Å². The molecule has 0 radical (unpaired) electrons. The van der Waals surface area contributed by atoms with Gasteiger partial charge in [0.25, 0.3) is 0 Å². The van der Waals surface area contributed by atoms with Crippen LogP contribution < -0.4 is 9.92 Å². The highest BCUT2D eigenvalue weighted by Gasteiger charge is 2.28. The molecule has 2 aromatic rings. The molecule has 1 aliphatic rings. The second-order valence-electron chi connectivity index (χ2n) is 7.97. The summed E-state index contributed by atoms with van der Waals surface area (Å²) in [4.78, 5) is 12.2. The summed E-state index contributed by atoms with van der Waals surface area (Å²) in [6.07, 6.45) is 2.41. The van der Waals surface area contributed by atoms with Crippen molar-refractivity contribution in [2.75, 3.05) is 0 Å². The highest BCUT2D eigenvalue weighted by Crippen LogP contribution is 2.33. The van der Waals surface area contributed by atoms with E-state index in [-0.39, 0.29) is 5.97 Å². The quantitative estimate of drug-likeness (QED) is 0.467. The molecule has 0 unspecified atom stereocenters. The molecule has 0 aliphatic carbocycles. The third-order valence-electron chi connectivity index (χ3n) is 4.64. The second-order valence-corrected chi connectivity index (χ2v) is 10.8. The number of ether oxygens (including phenoxy) is 1. The molecule has 0 aromatic heterocycles. The summed E-state index contributed by atoms with van der Waals surface area (Å²) < 4.78 is 5.60. The van der Waals surface area contributed by atoms with Gasteiger partial charge in [-0.3, -0.25) is 4.79 Å². The number of benzene rings is 2. The number of esters is 1. The van der Waals surface area contributed by atoms with Gasteiger partial charge in [0.2, 0.25) is 0 Å². The Morgan fingerprint density at radius 2 is 1.80 bits per heavy atom. The van der Waals surface area contributed by atoms with E-state index in [1.165, 1.54) is 22.0 Å². The van der Waals surface area contributed by atoms with Gasteiger partial charge in [-0.2, -0.15) is 0 Å². The summed E-state index contributed by atoms with van der Waals surface area (Å²) >= 11 is 0. The largest absolute Gasteiger partial charge is 0.426 e. The summed E-state index contributed by atoms with van der Waals surface area (Å²) in [5, 5.41) is 2.95. The molecule has 0 fully saturated rings. The van der Waals surface area contributed by atoms with Gasteiger partial charge < -0.3 is 4.74 Å². The monoisotopic (exact) mass is 350 g/mol. The lowest BCUT2D eigenvalue weighted by Gasteiger charge is -2.18. The molecule has 0 amide bonds. The van der Waals surface area contributed by atoms with Crippen molar-refractivity contribution in [1.82, 2.24) is 0 Å². The van der Waals surface area contributed by atoms with Gasteiger partial charge in [-0.25, -0.2) is 0 Å². The van der Waals surface area contributed by atoms with Gasteiger partial charge >= 0.3 is 5.97 Å². The maximum Gasteiger partial charge on any atom is 0.316 e. The van der Waals surface area contributed by atoms with E-state index >= 15 is 0 Å². The van der Waals surface area contributed by atoms with E-state index in [1.807, 2.05) is 39.0 Å². The first-order valence-corrected chi connectivity index (χ1v) is 10.9. The number of allylic oxidation sites excluding steroid dienone is 1. The van der Waals surface area contributed by atoms with Gasteiger partial charge in [-0.15, -0.1) is 0 Å². The van der Waals surface area contributed by atoms with E-state index in [2.05, 4.69) is 49.4 Å². The average Bonchev–Trinajstić information content (AvgIpc) is 2.97. The van der Waals surface area contributed by atoms with E-state index in [1.54, 1.807) is 0 Å². The van der Waals surface area contributed by atoms with Crippen molar-refractivity contribution >= 4 is 25.1 Å². The lowest BCUT2D eigenvalue weighted by molar-refractivity contribution is -0.142. The predicted molar refractivity (Wildman–Crippen MR) is 107 cm³/mol. The molecule has 130 valence electrons. The summed E-state index contributed by atoms with van der Waals surface area (Å²) in [5.74, 6) is 1.04. The molecule has 1 heterocycles. The molecule has 3 rings (SSSR count). The highest BCUT2D eigenvalue weighted by molar-refractivity contribution is 6.90. The Bertz CT molecular complexity index is 787. The summed E-state index contributed by atoms with van der Waals surface area (Å²) in [6, 6.07) is 20.1. The Morgan fingerprint density at radius 3 is 2.48 bits per heavy atom. The third kappa shape index (κ3) is 4.10. The Morgan fingerprint density at radius 1 is 1.08 bits per heavy atom. The minimum atomic E-state index is -1.21. The first-order valence-electron chi connectivity index (χ1n) is 8.94. The molecule has 0 bridgehead atoms. The van der Waals surface area contributed by atoms with Gasteiger partial charge in [-0.05, 0) is 50.4 Å². The van der Waals surface area contributed by atoms with Crippen LogP contribution in [0.15, 0.2) is 60.7 Å². The summed E-state index contributed by atoms with van der Waals surface area (Å²) in [6.45, 7) is 7.91. The molecule has 0 N–H and O–H groups in total. The Kier molecular flexibility index (Phi) is 4.95. The fourth-order valence-corrected chi connectivity index (χ4v) is 6.88. The van der Waals surface area contributed by atoms with Crippen LogP contribution in [0.1, 0.15) is 33.3 Å². The van der Waals surface area contributed by atoms with Crippen LogP contribution in [-0.2, 0) is 4.79 Å². The van der Waals surface area contributed by atoms with Crippen LogP contribution >= 0.6 is 0 Å². The number of rotatable bonds is 3. The predicted octanol–water partition coefficient (Wildman–Crippen LogP) is 4.34. The van der Waals surface area contributed by atoms with Crippen LogP contribution in [0.5, 0.6) is 5.75 Å². The minimum Gasteiger partial charge on any atom is -0.426 e. The van der Waals surface area contributed by atoms with E-state index in [4.69, 9.17) is 4.74 Å². The standard InChI is InChI=1S/C22H26O2Si/c1-16-13-20(25(15-16)19-11-6-5-7-12-19)17-9-8-10-18(14-17)24-21(23)22(2,3)4/h5-14,16,25H,15H2,1-4H3/t16-,25+/m0/s1. The van der Waals surface area contributed by atoms with E-state index in [0.29, 0.717) is 11.7 Å². The topological polar surface area (TPSA) is 26.3 Å². The van der Waals surface area contributed by atoms with Gasteiger partial charge in [0.05, 0.1) is 5.41 Å². The molecule has 0 spiro atoms. The van der Waals surface area contributed by atoms with Gasteiger partial charge in [0, 0.05) is 0 Å². The van der Waals surface area contributed by atoms with Crippen LogP contribution in [0.4, 0.5) is 0 Å². The Balaban J connectivity index is 1.89. The smallest absolute Gasteiger partial charge is 0.316 e. The van der Waals surface area contributed by atoms with E-state index < -0.39 is 14.2 Å². The molecule has 0 saturated heterocycles. The zero-order valence-electron chi connectivity index (χ0n) is 15.5. The zero-order valence-corrected chi connectivity index (χ0v) is 16.6. The number of hydrogen-bond acceptors (Lipinski definition) is 2. The van der Waals surface area contributed by atoms with Crippen molar-refractivity contribution in [3.63, 3.8) is 0 Å². The Hall–Kier alpha value is -2.13. The van der Waals surface area contributed by atoms with Crippen LogP contribution in [0.3, 0.4) is 0 Å². The molecule has 2 atom stereocenters. The van der Waals surface area contributed by atoms with Crippen molar-refractivity contribution in [2.45, 2.75) is 33.7 Å². The molecular weight excluding hydrogens is 324 g/mol. The molecule has 0 saturated carbocycles. The van der Waals surface area contributed by atoms with E-state index in [9.17, 15) is 4.79 Å². The maximum atomic E-state index is 12.2. The fraction of sp³-hybridized carbons (Fsp3) is 0.318. The molecule has 3 heteroatoms. The van der Waals surface area contributed by atoms with Crippen molar-refractivity contribution in [3.05, 3.63) is 66.2 Å². The Labute approximate surface area is 152 Å². The van der Waals surface area contributed by atoms with Gasteiger partial charge in [0.1, 0.15) is 14.5 Å². The lowest BCUT2D eigenvalue weighted by Crippen LogP contribution is -2.29. The van der Waals surface area contributed by atoms with Crippen molar-refractivity contribution < 1.29 is 9.53 Å². The lowest BCUT2D eigenvalue weighted by atomic mass is 9.97. The normalized spacial score (nSPS) is 20.2. The highest BCUT2D eigenvalue weighted by atomic mass is 28.3. The van der Waals surface area contributed by atoms with Crippen LogP contribution in [0.25, 0.3) is 5.20 Å². The second kappa shape index (κ2) is 7.01. The fourth-order valence-electron chi connectivity index (χ4n) is 3.29. The number of carbonyl (C=O) groups is 1. The van der Waals surface area contributed by atoms with Crippen molar-refractivity contribution in [1.29, 1.82) is 0 Å². The first-order chi connectivity index (χ1) is 11.8.